The molecule has 0 spiro atoms. The first-order valence-electron chi connectivity index (χ1n) is 7.92. The number of aryl methyl sites for hydroxylation is 1. The second kappa shape index (κ2) is 6.91. The minimum atomic E-state index is 0.0863. The fourth-order valence-electron chi connectivity index (χ4n) is 2.67. The van der Waals surface area contributed by atoms with E-state index in [1.165, 1.54) is 0 Å². The average Bonchev–Trinajstić information content (AvgIpc) is 3.05. The van der Waals surface area contributed by atoms with Gasteiger partial charge in [-0.3, -0.25) is 4.79 Å². The summed E-state index contributed by atoms with van der Waals surface area (Å²) >= 11 is 0. The number of morpholine rings is 1. The predicted octanol–water partition coefficient (Wildman–Crippen LogP) is 2.31. The zero-order valence-electron chi connectivity index (χ0n) is 13.4. The number of amides is 1. The van der Waals surface area contributed by atoms with Gasteiger partial charge >= 0.3 is 0 Å². The second-order valence-electron chi connectivity index (χ2n) is 5.92. The molecule has 1 aliphatic heterocycles. The third-order valence-corrected chi connectivity index (χ3v) is 3.98. The minimum absolute atomic E-state index is 0.0863. The zero-order chi connectivity index (χ0) is 16.2. The van der Waals surface area contributed by atoms with Gasteiger partial charge in [0.2, 0.25) is 17.6 Å². The molecule has 122 valence electrons. The molecular formula is C17H21N3O3. The maximum absolute atomic E-state index is 12.4. The van der Waals surface area contributed by atoms with Crippen molar-refractivity contribution in [1.29, 1.82) is 0 Å². The molecule has 6 nitrogen and oxygen atoms in total. The van der Waals surface area contributed by atoms with Crippen LogP contribution >= 0.6 is 0 Å². The number of rotatable bonds is 4. The molecule has 1 amide bonds. The lowest BCUT2D eigenvalue weighted by molar-refractivity contribution is -0.143. The van der Waals surface area contributed by atoms with Crippen LogP contribution in [0.15, 0.2) is 34.9 Å². The van der Waals surface area contributed by atoms with Crippen molar-refractivity contribution in [3.05, 3.63) is 36.2 Å². The Hall–Kier alpha value is -2.21. The molecule has 1 fully saturated rings. The summed E-state index contributed by atoms with van der Waals surface area (Å²) in [5, 5.41) is 3.97. The number of hydrogen-bond donors (Lipinski definition) is 0. The Kier molecular flexibility index (Phi) is 4.71. The summed E-state index contributed by atoms with van der Waals surface area (Å²) in [5.41, 5.74) is 0.907. The Morgan fingerprint density at radius 2 is 2.09 bits per heavy atom. The van der Waals surface area contributed by atoms with Crippen LogP contribution in [0.3, 0.4) is 0 Å². The van der Waals surface area contributed by atoms with Gasteiger partial charge in [0.05, 0.1) is 18.8 Å². The largest absolute Gasteiger partial charge is 0.375 e. The maximum Gasteiger partial charge on any atom is 0.227 e. The van der Waals surface area contributed by atoms with E-state index < -0.39 is 0 Å². The van der Waals surface area contributed by atoms with E-state index in [-0.39, 0.29) is 18.1 Å². The summed E-state index contributed by atoms with van der Waals surface area (Å²) in [5.74, 6) is 1.15. The Labute approximate surface area is 135 Å². The van der Waals surface area contributed by atoms with Gasteiger partial charge in [-0.1, -0.05) is 35.5 Å². The van der Waals surface area contributed by atoms with Crippen molar-refractivity contribution in [3.8, 4) is 11.4 Å². The third-order valence-electron chi connectivity index (χ3n) is 3.98. The third kappa shape index (κ3) is 3.76. The highest BCUT2D eigenvalue weighted by Gasteiger charge is 2.27. The summed E-state index contributed by atoms with van der Waals surface area (Å²) in [7, 11) is 0. The van der Waals surface area contributed by atoms with Crippen LogP contribution in [0.25, 0.3) is 11.4 Å². The first-order valence-corrected chi connectivity index (χ1v) is 7.92. The van der Waals surface area contributed by atoms with E-state index >= 15 is 0 Å². The van der Waals surface area contributed by atoms with Gasteiger partial charge in [-0.15, -0.1) is 0 Å². The van der Waals surface area contributed by atoms with Crippen LogP contribution in [0.4, 0.5) is 0 Å². The van der Waals surface area contributed by atoms with Crippen LogP contribution in [0.2, 0.25) is 0 Å². The SMILES string of the molecule is C[C@@H]1CN(C(=O)CCc2nc(-c3ccccc3)no2)[C@H](C)CO1. The van der Waals surface area contributed by atoms with E-state index in [2.05, 4.69) is 10.1 Å². The fourth-order valence-corrected chi connectivity index (χ4v) is 2.67. The van der Waals surface area contributed by atoms with E-state index in [1.54, 1.807) is 0 Å². The van der Waals surface area contributed by atoms with Crippen LogP contribution in [0, 0.1) is 0 Å². The van der Waals surface area contributed by atoms with E-state index in [0.717, 1.165) is 5.56 Å². The number of aromatic nitrogens is 2. The standard InChI is InChI=1S/C17H21N3O3/c1-12-11-22-13(2)10-20(12)16(21)9-8-15-18-17(19-23-15)14-6-4-3-5-7-14/h3-7,12-13H,8-11H2,1-2H3/t12-,13-/m1/s1. The Balaban J connectivity index is 1.58. The van der Waals surface area contributed by atoms with Crippen LogP contribution in [-0.4, -0.2) is 46.2 Å². The average molecular weight is 315 g/mol. The molecular weight excluding hydrogens is 294 g/mol. The summed E-state index contributed by atoms with van der Waals surface area (Å²) in [6.07, 6.45) is 0.910. The first kappa shape index (κ1) is 15.7. The molecule has 0 saturated carbocycles. The molecule has 2 heterocycles. The molecule has 0 N–H and O–H groups in total. The lowest BCUT2D eigenvalue weighted by atomic mass is 10.1. The number of hydrogen-bond acceptors (Lipinski definition) is 5. The van der Waals surface area contributed by atoms with Gasteiger partial charge in [-0.25, -0.2) is 0 Å². The van der Waals surface area contributed by atoms with Crippen molar-refractivity contribution in [2.24, 2.45) is 0 Å². The molecule has 1 aromatic carbocycles. The van der Waals surface area contributed by atoms with E-state index in [9.17, 15) is 4.79 Å². The van der Waals surface area contributed by atoms with E-state index in [1.807, 2.05) is 49.1 Å². The maximum atomic E-state index is 12.4. The van der Waals surface area contributed by atoms with E-state index in [4.69, 9.17) is 9.26 Å². The van der Waals surface area contributed by atoms with Gasteiger partial charge < -0.3 is 14.2 Å². The monoisotopic (exact) mass is 315 g/mol. The smallest absolute Gasteiger partial charge is 0.227 e. The molecule has 6 heteroatoms. The number of ether oxygens (including phenoxy) is 1. The summed E-state index contributed by atoms with van der Waals surface area (Å²) in [6.45, 7) is 5.21. The van der Waals surface area contributed by atoms with Gasteiger partial charge in [0.25, 0.3) is 0 Å². The lowest BCUT2D eigenvalue weighted by Gasteiger charge is -2.36. The molecule has 0 unspecified atom stereocenters. The highest BCUT2D eigenvalue weighted by Crippen LogP contribution is 2.17. The molecule has 1 saturated heterocycles. The van der Waals surface area contributed by atoms with Crippen LogP contribution in [0.1, 0.15) is 26.2 Å². The predicted molar refractivity (Wildman–Crippen MR) is 84.6 cm³/mol. The van der Waals surface area contributed by atoms with Crippen molar-refractivity contribution in [2.75, 3.05) is 13.2 Å². The Morgan fingerprint density at radius 1 is 1.30 bits per heavy atom. The molecule has 3 rings (SSSR count). The van der Waals surface area contributed by atoms with Crippen molar-refractivity contribution in [2.45, 2.75) is 38.8 Å². The molecule has 2 aromatic rings. The van der Waals surface area contributed by atoms with Crippen molar-refractivity contribution < 1.29 is 14.1 Å². The van der Waals surface area contributed by atoms with Crippen molar-refractivity contribution in [3.63, 3.8) is 0 Å². The highest BCUT2D eigenvalue weighted by molar-refractivity contribution is 5.76. The number of benzene rings is 1. The van der Waals surface area contributed by atoms with Gasteiger partial charge in [-0.2, -0.15) is 4.98 Å². The topological polar surface area (TPSA) is 68.5 Å². The van der Waals surface area contributed by atoms with E-state index in [0.29, 0.717) is 37.7 Å². The molecule has 0 radical (unpaired) electrons. The first-order chi connectivity index (χ1) is 11.1. The number of nitrogens with zero attached hydrogens (tertiary/aromatic N) is 3. The van der Waals surface area contributed by atoms with Crippen LogP contribution < -0.4 is 0 Å². The van der Waals surface area contributed by atoms with Gasteiger partial charge in [0.15, 0.2) is 0 Å². The zero-order valence-corrected chi connectivity index (χ0v) is 13.4. The summed E-state index contributed by atoms with van der Waals surface area (Å²) < 4.78 is 10.8. The van der Waals surface area contributed by atoms with Crippen molar-refractivity contribution >= 4 is 5.91 Å². The molecule has 2 atom stereocenters. The van der Waals surface area contributed by atoms with Gasteiger partial charge in [-0.05, 0) is 13.8 Å². The van der Waals surface area contributed by atoms with Crippen molar-refractivity contribution in [1.82, 2.24) is 15.0 Å². The summed E-state index contributed by atoms with van der Waals surface area (Å²) in [6, 6.07) is 9.76. The normalized spacial score (nSPS) is 21.4. The number of carbonyl (C=O) groups excluding carboxylic acids is 1. The van der Waals surface area contributed by atoms with Gasteiger partial charge in [0, 0.05) is 24.9 Å². The Bertz CT molecular complexity index is 656. The minimum Gasteiger partial charge on any atom is -0.375 e. The summed E-state index contributed by atoms with van der Waals surface area (Å²) in [4.78, 5) is 18.6. The molecule has 23 heavy (non-hydrogen) atoms. The molecule has 1 aliphatic rings. The van der Waals surface area contributed by atoms with Gasteiger partial charge in [0.1, 0.15) is 0 Å². The molecule has 0 bridgehead atoms. The molecule has 0 aliphatic carbocycles. The second-order valence-corrected chi connectivity index (χ2v) is 5.92. The quantitative estimate of drug-likeness (QED) is 0.866. The van der Waals surface area contributed by atoms with Crippen LogP contribution in [0.5, 0.6) is 0 Å². The fraction of sp³-hybridized carbons (Fsp3) is 0.471. The van der Waals surface area contributed by atoms with Crippen LogP contribution in [-0.2, 0) is 16.0 Å². The highest BCUT2D eigenvalue weighted by atomic mass is 16.5. The molecule has 1 aromatic heterocycles. The number of carbonyl (C=O) groups is 1. The lowest BCUT2D eigenvalue weighted by Crippen LogP contribution is -2.50. The Morgan fingerprint density at radius 3 is 2.87 bits per heavy atom.